The standard InChI is InChI=1S/C31H30O9/c1-20(2)29(32)38-15-12-35-24-8-10-26(23(7)18-24)27-11-9-25(36-13-16-39-30(33)21(3)4)19-28(27)37-14-17-40-31(34)22(5)6/h8-19H,1,3,5H2,2,4,6-7H3/b15-12+,16-13+,17-14+. The van der Waals surface area contributed by atoms with Gasteiger partial charge in [-0.15, -0.1) is 0 Å². The Balaban J connectivity index is 2.26. The zero-order valence-corrected chi connectivity index (χ0v) is 22.7. The average molecular weight is 547 g/mol. The fraction of sp³-hybridized carbons (Fsp3) is 0.129. The molecule has 0 atom stereocenters. The van der Waals surface area contributed by atoms with Crippen molar-refractivity contribution in [3.05, 3.63) is 116 Å². The van der Waals surface area contributed by atoms with Crippen LogP contribution in [0.15, 0.2) is 110 Å². The lowest BCUT2D eigenvalue weighted by Crippen LogP contribution is -2.00. The Morgan fingerprint density at radius 3 is 1.40 bits per heavy atom. The van der Waals surface area contributed by atoms with E-state index in [1.165, 1.54) is 32.6 Å². The Morgan fingerprint density at radius 1 is 0.575 bits per heavy atom. The van der Waals surface area contributed by atoms with Crippen LogP contribution in [0.3, 0.4) is 0 Å². The Bertz CT molecular complexity index is 1390. The number of benzene rings is 2. The smallest absolute Gasteiger partial charge is 0.338 e. The average Bonchev–Trinajstić information content (AvgIpc) is 2.91. The number of carbonyl (C=O) groups excluding carboxylic acids is 3. The number of aryl methyl sites for hydroxylation is 1. The van der Waals surface area contributed by atoms with Gasteiger partial charge in [0.05, 0.1) is 0 Å². The number of ether oxygens (including phenoxy) is 6. The van der Waals surface area contributed by atoms with Gasteiger partial charge in [-0.25, -0.2) is 14.4 Å². The van der Waals surface area contributed by atoms with E-state index in [2.05, 4.69) is 19.7 Å². The van der Waals surface area contributed by atoms with Crippen molar-refractivity contribution in [3.8, 4) is 28.4 Å². The van der Waals surface area contributed by atoms with Crippen molar-refractivity contribution in [1.29, 1.82) is 0 Å². The predicted octanol–water partition coefficient (Wildman–Crippen LogP) is 6.57. The second-order valence-electron chi connectivity index (χ2n) is 8.36. The molecular formula is C31H30O9. The minimum absolute atomic E-state index is 0.238. The summed E-state index contributed by atoms with van der Waals surface area (Å²) in [4.78, 5) is 34.6. The van der Waals surface area contributed by atoms with Gasteiger partial charge in [-0.05, 0) is 63.1 Å². The van der Waals surface area contributed by atoms with Crippen LogP contribution in [0.4, 0.5) is 0 Å². The Hall–Kier alpha value is -5.31. The summed E-state index contributed by atoms with van der Waals surface area (Å²) >= 11 is 0. The number of carbonyl (C=O) groups is 3. The van der Waals surface area contributed by atoms with Crippen LogP contribution >= 0.6 is 0 Å². The summed E-state index contributed by atoms with van der Waals surface area (Å²) in [5, 5.41) is 0. The maximum Gasteiger partial charge on any atom is 0.338 e. The second-order valence-corrected chi connectivity index (χ2v) is 8.36. The predicted molar refractivity (Wildman–Crippen MR) is 149 cm³/mol. The maximum atomic E-state index is 11.6. The molecule has 0 amide bonds. The molecule has 0 saturated carbocycles. The van der Waals surface area contributed by atoms with Gasteiger partial charge < -0.3 is 28.4 Å². The third-order valence-electron chi connectivity index (χ3n) is 4.78. The quantitative estimate of drug-likeness (QED) is 0.119. The second kappa shape index (κ2) is 15.2. The summed E-state index contributed by atoms with van der Waals surface area (Å²) in [5.41, 5.74) is 3.10. The van der Waals surface area contributed by atoms with Crippen molar-refractivity contribution < 1.29 is 42.8 Å². The van der Waals surface area contributed by atoms with Gasteiger partial charge in [0.1, 0.15) is 54.8 Å². The lowest BCUT2D eigenvalue weighted by molar-refractivity contribution is -0.134. The van der Waals surface area contributed by atoms with Crippen LogP contribution in [-0.4, -0.2) is 17.9 Å². The summed E-state index contributed by atoms with van der Waals surface area (Å²) in [7, 11) is 0. The maximum absolute atomic E-state index is 11.6. The third kappa shape index (κ3) is 9.86. The SMILES string of the molecule is C=C(C)C(=O)O/C=C/Oc1ccc(-c2ccc(O/C=C/OC(=O)C(=C)C)cc2O/C=C/OC(=O)C(=C)C)c(C)c1. The molecule has 0 heterocycles. The zero-order chi connectivity index (χ0) is 29.7. The summed E-state index contributed by atoms with van der Waals surface area (Å²) in [6, 6.07) is 10.4. The fourth-order valence-corrected chi connectivity index (χ4v) is 2.79. The molecule has 9 heteroatoms. The first-order chi connectivity index (χ1) is 19.0. The highest BCUT2D eigenvalue weighted by Gasteiger charge is 2.12. The molecule has 0 aliphatic heterocycles. The molecule has 0 aliphatic carbocycles. The largest absolute Gasteiger partial charge is 0.462 e. The Morgan fingerprint density at radius 2 is 0.975 bits per heavy atom. The molecular weight excluding hydrogens is 516 g/mol. The van der Waals surface area contributed by atoms with E-state index >= 15 is 0 Å². The summed E-state index contributed by atoms with van der Waals surface area (Å²) in [6.07, 6.45) is 6.97. The van der Waals surface area contributed by atoms with Crippen LogP contribution in [0, 0.1) is 6.92 Å². The molecule has 2 aromatic carbocycles. The van der Waals surface area contributed by atoms with Crippen molar-refractivity contribution in [3.63, 3.8) is 0 Å². The van der Waals surface area contributed by atoms with Crippen LogP contribution in [0.1, 0.15) is 26.3 Å². The lowest BCUT2D eigenvalue weighted by Gasteiger charge is -2.14. The minimum Gasteiger partial charge on any atom is -0.462 e. The van der Waals surface area contributed by atoms with Crippen molar-refractivity contribution in [2.75, 3.05) is 0 Å². The molecule has 0 aliphatic rings. The first-order valence-electron chi connectivity index (χ1n) is 11.8. The zero-order valence-electron chi connectivity index (χ0n) is 22.7. The molecule has 2 rings (SSSR count). The van der Waals surface area contributed by atoms with Gasteiger partial charge in [0.15, 0.2) is 0 Å². The van der Waals surface area contributed by atoms with Crippen LogP contribution in [0.2, 0.25) is 0 Å². The molecule has 0 N–H and O–H groups in total. The van der Waals surface area contributed by atoms with Crippen molar-refractivity contribution in [1.82, 2.24) is 0 Å². The van der Waals surface area contributed by atoms with Gasteiger partial charge in [0.2, 0.25) is 0 Å². The van der Waals surface area contributed by atoms with Gasteiger partial charge in [-0.1, -0.05) is 25.8 Å². The summed E-state index contributed by atoms with van der Waals surface area (Å²) in [6.45, 7) is 17.0. The number of hydrogen-bond donors (Lipinski definition) is 0. The molecule has 9 nitrogen and oxygen atoms in total. The van der Waals surface area contributed by atoms with Crippen LogP contribution in [-0.2, 0) is 28.6 Å². The molecule has 0 radical (unpaired) electrons. The van der Waals surface area contributed by atoms with Gasteiger partial charge in [0, 0.05) is 28.3 Å². The van der Waals surface area contributed by atoms with Gasteiger partial charge in [0.25, 0.3) is 0 Å². The molecule has 0 saturated heterocycles. The molecule has 0 aromatic heterocycles. The Labute approximate surface area is 232 Å². The van der Waals surface area contributed by atoms with E-state index in [9.17, 15) is 14.4 Å². The van der Waals surface area contributed by atoms with Crippen molar-refractivity contribution >= 4 is 17.9 Å². The topological polar surface area (TPSA) is 107 Å². The first-order valence-corrected chi connectivity index (χ1v) is 11.8. The third-order valence-corrected chi connectivity index (χ3v) is 4.78. The highest BCUT2D eigenvalue weighted by atomic mass is 16.6. The molecule has 40 heavy (non-hydrogen) atoms. The van der Waals surface area contributed by atoms with Crippen LogP contribution in [0.25, 0.3) is 11.1 Å². The number of rotatable bonds is 13. The van der Waals surface area contributed by atoms with Gasteiger partial charge >= 0.3 is 17.9 Å². The van der Waals surface area contributed by atoms with Gasteiger partial charge in [-0.2, -0.15) is 0 Å². The molecule has 0 unspecified atom stereocenters. The molecule has 2 aromatic rings. The van der Waals surface area contributed by atoms with Crippen LogP contribution in [0.5, 0.6) is 17.2 Å². The van der Waals surface area contributed by atoms with E-state index < -0.39 is 17.9 Å². The van der Waals surface area contributed by atoms with E-state index in [1.807, 2.05) is 13.0 Å². The lowest BCUT2D eigenvalue weighted by atomic mass is 9.99. The van der Waals surface area contributed by atoms with E-state index in [4.69, 9.17) is 28.4 Å². The highest BCUT2D eigenvalue weighted by Crippen LogP contribution is 2.37. The summed E-state index contributed by atoms with van der Waals surface area (Å²) < 4.78 is 31.5. The van der Waals surface area contributed by atoms with E-state index in [0.29, 0.717) is 22.8 Å². The number of hydrogen-bond acceptors (Lipinski definition) is 9. The van der Waals surface area contributed by atoms with Crippen LogP contribution < -0.4 is 14.2 Å². The first kappa shape index (κ1) is 30.9. The molecule has 0 bridgehead atoms. The van der Waals surface area contributed by atoms with Crippen molar-refractivity contribution in [2.45, 2.75) is 27.7 Å². The number of esters is 3. The van der Waals surface area contributed by atoms with Gasteiger partial charge in [-0.3, -0.25) is 0 Å². The normalized spacial score (nSPS) is 10.8. The van der Waals surface area contributed by atoms with E-state index in [-0.39, 0.29) is 16.7 Å². The summed E-state index contributed by atoms with van der Waals surface area (Å²) in [5.74, 6) is -0.483. The molecule has 0 spiro atoms. The Kier molecular flexibility index (Phi) is 11.7. The van der Waals surface area contributed by atoms with E-state index in [1.54, 1.807) is 37.3 Å². The molecule has 0 fully saturated rings. The van der Waals surface area contributed by atoms with Crippen molar-refractivity contribution in [2.24, 2.45) is 0 Å². The fourth-order valence-electron chi connectivity index (χ4n) is 2.79. The minimum atomic E-state index is -0.596. The molecule has 208 valence electrons. The van der Waals surface area contributed by atoms with E-state index in [0.717, 1.165) is 29.9 Å². The monoisotopic (exact) mass is 546 g/mol. The highest BCUT2D eigenvalue weighted by molar-refractivity contribution is 5.88.